The van der Waals surface area contributed by atoms with E-state index in [-0.39, 0.29) is 15.7 Å². The van der Waals surface area contributed by atoms with Gasteiger partial charge in [-0.3, -0.25) is 9.40 Å². The van der Waals surface area contributed by atoms with Gasteiger partial charge in [0.25, 0.3) is 10.0 Å². The molecule has 0 saturated carbocycles. The van der Waals surface area contributed by atoms with Crippen LogP contribution in [0.2, 0.25) is 5.02 Å². The fraction of sp³-hybridized carbons (Fsp3) is 0.182. The van der Waals surface area contributed by atoms with Gasteiger partial charge in [-0.1, -0.05) is 11.6 Å². The van der Waals surface area contributed by atoms with Crippen LogP contribution in [-0.2, 0) is 17.1 Å². The summed E-state index contributed by atoms with van der Waals surface area (Å²) in [6.45, 7) is 1.73. The predicted octanol–water partition coefficient (Wildman–Crippen LogP) is 2.32. The van der Waals surface area contributed by atoms with E-state index in [0.717, 1.165) is 12.1 Å². The third kappa shape index (κ3) is 2.87. The Bertz CT molecular complexity index is 728. The van der Waals surface area contributed by atoms with Crippen LogP contribution in [0.3, 0.4) is 0 Å². The molecule has 0 fully saturated rings. The van der Waals surface area contributed by atoms with Crippen molar-refractivity contribution in [2.75, 3.05) is 4.72 Å². The second kappa shape index (κ2) is 4.82. The van der Waals surface area contributed by atoms with Crippen LogP contribution in [0, 0.1) is 12.7 Å². The molecule has 0 spiro atoms. The van der Waals surface area contributed by atoms with Crippen LogP contribution in [0.5, 0.6) is 0 Å². The fourth-order valence-corrected chi connectivity index (χ4v) is 3.17. The molecule has 102 valence electrons. The number of nitrogens with one attached hydrogen (secondary N) is 1. The Kier molecular flexibility index (Phi) is 3.51. The molecule has 2 aromatic rings. The molecule has 2 rings (SSSR count). The topological polar surface area (TPSA) is 64.0 Å². The zero-order chi connectivity index (χ0) is 14.2. The maximum atomic E-state index is 13.1. The van der Waals surface area contributed by atoms with Gasteiger partial charge in [-0.15, -0.1) is 0 Å². The van der Waals surface area contributed by atoms with Gasteiger partial charge in [-0.2, -0.15) is 5.10 Å². The Balaban J connectivity index is 2.43. The molecule has 1 aromatic heterocycles. The van der Waals surface area contributed by atoms with E-state index >= 15 is 0 Å². The summed E-state index contributed by atoms with van der Waals surface area (Å²) >= 11 is 5.78. The van der Waals surface area contributed by atoms with Crippen LogP contribution in [0.4, 0.5) is 10.2 Å². The van der Waals surface area contributed by atoms with Crippen molar-refractivity contribution < 1.29 is 12.8 Å². The number of aryl methyl sites for hydroxylation is 2. The molecule has 1 aromatic carbocycles. The fourth-order valence-electron chi connectivity index (χ4n) is 1.58. The minimum Gasteiger partial charge on any atom is -0.264 e. The third-order valence-electron chi connectivity index (χ3n) is 2.42. The molecule has 1 N–H and O–H groups in total. The molecule has 19 heavy (non-hydrogen) atoms. The predicted molar refractivity (Wildman–Crippen MR) is 70.2 cm³/mol. The third-order valence-corrected chi connectivity index (χ3v) is 4.26. The average molecular weight is 304 g/mol. The highest BCUT2D eigenvalue weighted by Gasteiger charge is 2.20. The van der Waals surface area contributed by atoms with Crippen LogP contribution < -0.4 is 4.72 Å². The minimum atomic E-state index is -3.96. The van der Waals surface area contributed by atoms with Crippen molar-refractivity contribution in [1.29, 1.82) is 0 Å². The Morgan fingerprint density at radius 2 is 2.05 bits per heavy atom. The van der Waals surface area contributed by atoms with Gasteiger partial charge in [-0.05, 0) is 25.1 Å². The lowest BCUT2D eigenvalue weighted by Gasteiger charge is -2.09. The van der Waals surface area contributed by atoms with E-state index in [2.05, 4.69) is 9.82 Å². The number of benzene rings is 1. The molecule has 0 saturated heterocycles. The molecule has 0 unspecified atom stereocenters. The number of rotatable bonds is 3. The largest absolute Gasteiger partial charge is 0.264 e. The van der Waals surface area contributed by atoms with Crippen molar-refractivity contribution in [3.8, 4) is 0 Å². The van der Waals surface area contributed by atoms with Crippen LogP contribution in [0.15, 0.2) is 29.2 Å². The number of hydrogen-bond acceptors (Lipinski definition) is 3. The SMILES string of the molecule is Cc1cc(NS(=O)(=O)c2cc(F)ccc2Cl)n(C)n1. The van der Waals surface area contributed by atoms with Gasteiger partial charge in [0.2, 0.25) is 0 Å². The molecule has 8 heteroatoms. The number of halogens is 2. The van der Waals surface area contributed by atoms with Crippen LogP contribution in [0.1, 0.15) is 5.69 Å². The molecule has 5 nitrogen and oxygen atoms in total. The standard InChI is InChI=1S/C11H11ClFN3O2S/c1-7-5-11(16(2)14-7)15-19(17,18)10-6-8(13)3-4-9(10)12/h3-6,15H,1-2H3. The molecule has 0 aliphatic carbocycles. The van der Waals surface area contributed by atoms with Crippen molar-refractivity contribution in [2.45, 2.75) is 11.8 Å². The first-order valence-electron chi connectivity index (χ1n) is 5.28. The van der Waals surface area contributed by atoms with Crippen molar-refractivity contribution in [2.24, 2.45) is 7.05 Å². The highest BCUT2D eigenvalue weighted by atomic mass is 35.5. The second-order valence-electron chi connectivity index (χ2n) is 3.97. The summed E-state index contributed by atoms with van der Waals surface area (Å²) in [6.07, 6.45) is 0. The van der Waals surface area contributed by atoms with E-state index in [1.54, 1.807) is 20.0 Å². The molecule has 0 aliphatic rings. The lowest BCUT2D eigenvalue weighted by atomic mass is 10.3. The number of anilines is 1. The summed E-state index contributed by atoms with van der Waals surface area (Å²) in [5.74, 6) is -0.399. The van der Waals surface area contributed by atoms with E-state index in [4.69, 9.17) is 11.6 Å². The van der Waals surface area contributed by atoms with Crippen LogP contribution >= 0.6 is 11.6 Å². The van der Waals surface area contributed by atoms with E-state index in [0.29, 0.717) is 5.69 Å². The summed E-state index contributed by atoms with van der Waals surface area (Å²) in [5, 5.41) is 3.96. The molecule has 0 bridgehead atoms. The van der Waals surface area contributed by atoms with E-state index in [9.17, 15) is 12.8 Å². The normalized spacial score (nSPS) is 11.6. The first-order valence-corrected chi connectivity index (χ1v) is 7.14. The van der Waals surface area contributed by atoms with Crippen LogP contribution in [-0.4, -0.2) is 18.2 Å². The molecule has 1 heterocycles. The number of aromatic nitrogens is 2. The van der Waals surface area contributed by atoms with Gasteiger partial charge in [0, 0.05) is 13.1 Å². The molecule has 0 amide bonds. The Morgan fingerprint density at radius 1 is 1.37 bits per heavy atom. The van der Waals surface area contributed by atoms with Gasteiger partial charge < -0.3 is 0 Å². The van der Waals surface area contributed by atoms with Gasteiger partial charge in [-0.25, -0.2) is 12.8 Å². The first kappa shape index (κ1) is 13.8. The number of hydrogen-bond donors (Lipinski definition) is 1. The average Bonchev–Trinajstić information content (AvgIpc) is 2.60. The minimum absolute atomic E-state index is 0.0483. The van der Waals surface area contributed by atoms with Crippen molar-refractivity contribution in [3.63, 3.8) is 0 Å². The Labute approximate surface area is 115 Å². The zero-order valence-electron chi connectivity index (χ0n) is 10.2. The van der Waals surface area contributed by atoms with Crippen molar-refractivity contribution in [1.82, 2.24) is 9.78 Å². The maximum absolute atomic E-state index is 13.1. The van der Waals surface area contributed by atoms with Gasteiger partial charge in [0.05, 0.1) is 10.7 Å². The molecular weight excluding hydrogens is 293 g/mol. The zero-order valence-corrected chi connectivity index (χ0v) is 11.8. The summed E-state index contributed by atoms with van der Waals surface area (Å²) in [5.41, 5.74) is 0.658. The van der Waals surface area contributed by atoms with Gasteiger partial charge in [0.1, 0.15) is 16.5 Å². The van der Waals surface area contributed by atoms with Crippen LogP contribution in [0.25, 0.3) is 0 Å². The van der Waals surface area contributed by atoms with E-state index in [1.807, 2.05) is 0 Å². The number of nitrogens with zero attached hydrogens (tertiary/aromatic N) is 2. The molecule has 0 atom stereocenters. The monoisotopic (exact) mass is 303 g/mol. The highest BCUT2D eigenvalue weighted by Crippen LogP contribution is 2.24. The van der Waals surface area contributed by atoms with Gasteiger partial charge in [0.15, 0.2) is 0 Å². The quantitative estimate of drug-likeness (QED) is 0.946. The summed E-state index contributed by atoms with van der Waals surface area (Å²) in [7, 11) is -2.36. The number of sulfonamides is 1. The second-order valence-corrected chi connectivity index (χ2v) is 6.03. The maximum Gasteiger partial charge on any atom is 0.264 e. The lowest BCUT2D eigenvalue weighted by molar-refractivity contribution is 0.594. The molecule has 0 radical (unpaired) electrons. The molecule has 0 aliphatic heterocycles. The lowest BCUT2D eigenvalue weighted by Crippen LogP contribution is -2.16. The Morgan fingerprint density at radius 3 is 2.63 bits per heavy atom. The van der Waals surface area contributed by atoms with Crippen molar-refractivity contribution >= 4 is 27.4 Å². The van der Waals surface area contributed by atoms with Crippen molar-refractivity contribution in [3.05, 3.63) is 40.8 Å². The summed E-state index contributed by atoms with van der Waals surface area (Å²) in [6, 6.07) is 4.72. The Hall–Kier alpha value is -1.60. The van der Waals surface area contributed by atoms with E-state index < -0.39 is 15.8 Å². The van der Waals surface area contributed by atoms with Gasteiger partial charge >= 0.3 is 0 Å². The summed E-state index contributed by atoms with van der Waals surface area (Å²) < 4.78 is 41.1. The molecular formula is C11H11ClFN3O2S. The summed E-state index contributed by atoms with van der Waals surface area (Å²) in [4.78, 5) is -0.312. The van der Waals surface area contributed by atoms with E-state index in [1.165, 1.54) is 10.7 Å². The highest BCUT2D eigenvalue weighted by molar-refractivity contribution is 7.92. The first-order chi connectivity index (χ1) is 8.79. The smallest absolute Gasteiger partial charge is 0.264 e.